The Labute approximate surface area is 155 Å². The highest BCUT2D eigenvalue weighted by Crippen LogP contribution is 2.31. The van der Waals surface area contributed by atoms with Gasteiger partial charge in [0.1, 0.15) is 13.2 Å². The molecule has 0 aliphatic carbocycles. The van der Waals surface area contributed by atoms with Crippen LogP contribution in [0.1, 0.15) is 4.88 Å². The minimum atomic E-state index is -0.549. The molecule has 0 unspecified atom stereocenters. The molecule has 0 radical (unpaired) electrons. The Hall–Kier alpha value is -1.76. The molecule has 0 saturated carbocycles. The number of carbonyl (C=O) groups excluding carboxylic acids is 1. The van der Waals surface area contributed by atoms with Crippen molar-refractivity contribution >= 4 is 28.8 Å². The van der Waals surface area contributed by atoms with Gasteiger partial charge in [-0.05, 0) is 24.3 Å². The molecule has 0 bridgehead atoms. The number of benzene rings is 1. The zero-order chi connectivity index (χ0) is 17.2. The van der Waals surface area contributed by atoms with Crippen molar-refractivity contribution in [2.45, 2.75) is 12.6 Å². The molecule has 2 aliphatic heterocycles. The Balaban J connectivity index is 1.31. The molecule has 1 fully saturated rings. The monoisotopic (exact) mass is 379 g/mol. The number of hydrogen-bond donors (Lipinski definition) is 1. The smallest absolute Gasteiger partial charge is 0.267 e. The summed E-state index contributed by atoms with van der Waals surface area (Å²) in [6.45, 7) is 4.60. The SMILES string of the molecule is O=C([C@H]1COc2ccccc2O1)N1CC[NH+](Cc2ccc(Cl)s2)CC1. The lowest BCUT2D eigenvalue weighted by molar-refractivity contribution is -0.917. The number of nitrogens with one attached hydrogen (secondary N) is 1. The average Bonchev–Trinajstić information content (AvgIpc) is 3.06. The first-order valence-corrected chi connectivity index (χ1v) is 9.63. The van der Waals surface area contributed by atoms with Gasteiger partial charge in [-0.1, -0.05) is 23.7 Å². The first kappa shape index (κ1) is 16.7. The molecule has 2 aromatic rings. The van der Waals surface area contributed by atoms with Gasteiger partial charge in [0.25, 0.3) is 5.91 Å². The minimum Gasteiger partial charge on any atom is -0.485 e. The van der Waals surface area contributed by atoms with Crippen molar-refractivity contribution in [3.8, 4) is 11.5 Å². The second-order valence-electron chi connectivity index (χ2n) is 6.32. The highest BCUT2D eigenvalue weighted by atomic mass is 35.5. The number of amides is 1. The molecule has 4 rings (SSSR count). The summed E-state index contributed by atoms with van der Waals surface area (Å²) in [4.78, 5) is 17.4. The van der Waals surface area contributed by atoms with Crippen LogP contribution < -0.4 is 14.4 Å². The van der Waals surface area contributed by atoms with E-state index < -0.39 is 6.10 Å². The van der Waals surface area contributed by atoms with Crippen molar-refractivity contribution in [2.75, 3.05) is 32.8 Å². The molecule has 7 heteroatoms. The number of hydrogen-bond acceptors (Lipinski definition) is 4. The van der Waals surface area contributed by atoms with E-state index >= 15 is 0 Å². The highest BCUT2D eigenvalue weighted by molar-refractivity contribution is 7.16. The molecular weight excluding hydrogens is 360 g/mol. The Morgan fingerprint density at radius 3 is 2.68 bits per heavy atom. The summed E-state index contributed by atoms with van der Waals surface area (Å²) in [5, 5.41) is 0. The van der Waals surface area contributed by atoms with Crippen LogP contribution in [-0.2, 0) is 11.3 Å². The number of piperazine rings is 1. The maximum absolute atomic E-state index is 12.7. The van der Waals surface area contributed by atoms with Crippen molar-refractivity contribution in [2.24, 2.45) is 0 Å². The van der Waals surface area contributed by atoms with Crippen LogP contribution in [0, 0.1) is 0 Å². The minimum absolute atomic E-state index is 0.0210. The summed E-state index contributed by atoms with van der Waals surface area (Å²) in [7, 11) is 0. The second kappa shape index (κ2) is 7.23. The summed E-state index contributed by atoms with van der Waals surface area (Å²) in [5.41, 5.74) is 0. The molecule has 1 aromatic heterocycles. The fraction of sp³-hybridized carbons (Fsp3) is 0.389. The van der Waals surface area contributed by atoms with Crippen LogP contribution in [0.2, 0.25) is 4.34 Å². The van der Waals surface area contributed by atoms with Gasteiger partial charge in [0.2, 0.25) is 6.10 Å². The molecule has 3 heterocycles. The van der Waals surface area contributed by atoms with Crippen LogP contribution in [-0.4, -0.2) is 49.7 Å². The van der Waals surface area contributed by atoms with E-state index in [1.54, 1.807) is 11.3 Å². The predicted octanol–water partition coefficient (Wildman–Crippen LogP) is 1.47. The second-order valence-corrected chi connectivity index (χ2v) is 8.12. The fourth-order valence-electron chi connectivity index (χ4n) is 3.26. The Kier molecular flexibility index (Phi) is 4.83. The molecule has 132 valence electrons. The van der Waals surface area contributed by atoms with Crippen LogP contribution in [0.3, 0.4) is 0 Å². The van der Waals surface area contributed by atoms with Gasteiger partial charge in [-0.3, -0.25) is 4.79 Å². The van der Waals surface area contributed by atoms with E-state index in [2.05, 4.69) is 6.07 Å². The number of fused-ring (bicyclic) bond motifs is 1. The van der Waals surface area contributed by atoms with E-state index in [0.29, 0.717) is 11.5 Å². The van der Waals surface area contributed by atoms with Crippen molar-refractivity contribution < 1.29 is 19.2 Å². The lowest BCUT2D eigenvalue weighted by atomic mass is 10.2. The highest BCUT2D eigenvalue weighted by Gasteiger charge is 2.33. The lowest BCUT2D eigenvalue weighted by Gasteiger charge is -2.35. The number of thiophene rings is 1. The van der Waals surface area contributed by atoms with Gasteiger partial charge < -0.3 is 19.3 Å². The molecule has 25 heavy (non-hydrogen) atoms. The van der Waals surface area contributed by atoms with Gasteiger partial charge in [0.05, 0.1) is 35.4 Å². The molecule has 1 amide bonds. The first-order valence-electron chi connectivity index (χ1n) is 8.44. The maximum atomic E-state index is 12.7. The van der Waals surface area contributed by atoms with Gasteiger partial charge in [0, 0.05) is 0 Å². The molecular formula is C18H20ClN2O3S+. The van der Waals surface area contributed by atoms with Gasteiger partial charge >= 0.3 is 0 Å². The van der Waals surface area contributed by atoms with E-state index in [9.17, 15) is 4.79 Å². The molecule has 5 nitrogen and oxygen atoms in total. The molecule has 0 spiro atoms. The number of halogens is 1. The number of ether oxygens (including phenoxy) is 2. The van der Waals surface area contributed by atoms with E-state index in [4.69, 9.17) is 21.1 Å². The summed E-state index contributed by atoms with van der Waals surface area (Å²) >= 11 is 7.63. The normalized spacial score (nSPS) is 20.5. The number of para-hydroxylation sites is 2. The predicted molar refractivity (Wildman–Crippen MR) is 96.7 cm³/mol. The number of quaternary nitrogens is 1. The number of rotatable bonds is 3. The zero-order valence-corrected chi connectivity index (χ0v) is 15.3. The van der Waals surface area contributed by atoms with Crippen molar-refractivity contribution in [1.29, 1.82) is 0 Å². The quantitative estimate of drug-likeness (QED) is 0.878. The van der Waals surface area contributed by atoms with Crippen molar-refractivity contribution in [3.05, 3.63) is 45.6 Å². The van der Waals surface area contributed by atoms with Crippen molar-refractivity contribution in [1.82, 2.24) is 4.90 Å². The molecule has 1 atom stereocenters. The molecule has 1 saturated heterocycles. The first-order chi connectivity index (χ1) is 12.2. The Bertz CT molecular complexity index is 758. The summed E-state index contributed by atoms with van der Waals surface area (Å²) in [6, 6.07) is 11.5. The molecule has 1 aromatic carbocycles. The summed E-state index contributed by atoms with van der Waals surface area (Å²) in [6.07, 6.45) is -0.549. The Morgan fingerprint density at radius 2 is 1.96 bits per heavy atom. The molecule has 1 N–H and O–H groups in total. The van der Waals surface area contributed by atoms with Gasteiger partial charge in [0.15, 0.2) is 11.5 Å². The van der Waals surface area contributed by atoms with Crippen LogP contribution in [0.5, 0.6) is 11.5 Å². The van der Waals surface area contributed by atoms with Gasteiger partial charge in [-0.15, -0.1) is 11.3 Å². The third-order valence-corrected chi connectivity index (χ3v) is 5.85. The Morgan fingerprint density at radius 1 is 1.20 bits per heavy atom. The lowest BCUT2D eigenvalue weighted by Crippen LogP contribution is -3.13. The van der Waals surface area contributed by atoms with Crippen LogP contribution in [0.25, 0.3) is 0 Å². The van der Waals surface area contributed by atoms with E-state index in [-0.39, 0.29) is 12.5 Å². The maximum Gasteiger partial charge on any atom is 0.267 e. The number of nitrogens with zero attached hydrogens (tertiary/aromatic N) is 1. The van der Waals surface area contributed by atoms with Crippen molar-refractivity contribution in [3.63, 3.8) is 0 Å². The largest absolute Gasteiger partial charge is 0.485 e. The van der Waals surface area contributed by atoms with Gasteiger partial charge in [-0.2, -0.15) is 0 Å². The van der Waals surface area contributed by atoms with Crippen LogP contribution >= 0.6 is 22.9 Å². The van der Waals surface area contributed by atoms with E-state index in [1.165, 1.54) is 9.78 Å². The van der Waals surface area contributed by atoms with Crippen LogP contribution in [0.15, 0.2) is 36.4 Å². The zero-order valence-electron chi connectivity index (χ0n) is 13.7. The fourth-order valence-corrected chi connectivity index (χ4v) is 4.42. The summed E-state index contributed by atoms with van der Waals surface area (Å²) in [5.74, 6) is 1.37. The molecule has 2 aliphatic rings. The standard InChI is InChI=1S/C18H19ClN2O3S/c19-17-6-5-13(25-17)11-20-7-9-21(10-8-20)18(22)16-12-23-14-3-1-2-4-15(14)24-16/h1-6,16H,7-12H2/p+1/t16-/m1/s1. The third kappa shape index (κ3) is 3.76. The van der Waals surface area contributed by atoms with Crippen LogP contribution in [0.4, 0.5) is 0 Å². The third-order valence-electron chi connectivity index (χ3n) is 4.62. The number of carbonyl (C=O) groups is 1. The topological polar surface area (TPSA) is 43.2 Å². The van der Waals surface area contributed by atoms with E-state index in [1.807, 2.05) is 35.2 Å². The summed E-state index contributed by atoms with van der Waals surface area (Å²) < 4.78 is 12.3. The van der Waals surface area contributed by atoms with E-state index in [0.717, 1.165) is 37.1 Å². The van der Waals surface area contributed by atoms with Gasteiger partial charge in [-0.25, -0.2) is 0 Å². The average molecular weight is 380 g/mol.